The summed E-state index contributed by atoms with van der Waals surface area (Å²) in [4.78, 5) is 14.5. The lowest BCUT2D eigenvalue weighted by Gasteiger charge is -2.34. The highest BCUT2D eigenvalue weighted by Crippen LogP contribution is 2.45. The van der Waals surface area contributed by atoms with Crippen LogP contribution in [-0.4, -0.2) is 21.3 Å². The number of hydrogen-bond donors (Lipinski definition) is 2. The van der Waals surface area contributed by atoms with Crippen LogP contribution in [0.2, 0.25) is 0 Å². The van der Waals surface area contributed by atoms with Crippen LogP contribution in [0.3, 0.4) is 0 Å². The van der Waals surface area contributed by atoms with E-state index < -0.39 is 0 Å². The summed E-state index contributed by atoms with van der Waals surface area (Å²) in [5, 5.41) is 4.82. The Morgan fingerprint density at radius 2 is 2.14 bits per heavy atom. The van der Waals surface area contributed by atoms with Crippen molar-refractivity contribution >= 4 is 0 Å². The molecule has 0 amide bonds. The zero-order chi connectivity index (χ0) is 14.4. The summed E-state index contributed by atoms with van der Waals surface area (Å²) in [7, 11) is 0. The van der Waals surface area contributed by atoms with E-state index in [1.54, 1.807) is 12.1 Å². The lowest BCUT2D eigenvalue weighted by Crippen LogP contribution is -2.32. The molecule has 5 nitrogen and oxygen atoms in total. The Morgan fingerprint density at radius 1 is 1.33 bits per heavy atom. The molecule has 2 aliphatic carbocycles. The Balaban J connectivity index is 1.69. The van der Waals surface area contributed by atoms with Crippen molar-refractivity contribution in [2.45, 2.75) is 37.6 Å². The minimum absolute atomic E-state index is 0.0613. The van der Waals surface area contributed by atoms with E-state index in [-0.39, 0.29) is 5.56 Å². The molecule has 2 heterocycles. The van der Waals surface area contributed by atoms with E-state index in [1.807, 2.05) is 6.07 Å². The van der Waals surface area contributed by atoms with Gasteiger partial charge >= 0.3 is 0 Å². The highest BCUT2D eigenvalue weighted by molar-refractivity contribution is 5.62. The molecular formula is C16H20N4O. The summed E-state index contributed by atoms with van der Waals surface area (Å²) >= 11 is 0. The van der Waals surface area contributed by atoms with Crippen LogP contribution < -0.4 is 11.3 Å². The third kappa shape index (κ3) is 2.31. The van der Waals surface area contributed by atoms with Crippen LogP contribution >= 0.6 is 0 Å². The molecule has 0 saturated heterocycles. The van der Waals surface area contributed by atoms with Crippen molar-refractivity contribution in [2.75, 3.05) is 6.54 Å². The fourth-order valence-electron chi connectivity index (χ4n) is 3.17. The number of pyridine rings is 1. The smallest absolute Gasteiger partial charge is 0.248 e. The van der Waals surface area contributed by atoms with Crippen LogP contribution in [0.1, 0.15) is 43.3 Å². The molecule has 0 aromatic carbocycles. The summed E-state index contributed by atoms with van der Waals surface area (Å²) in [5.74, 6) is 1.21. The first-order chi connectivity index (χ1) is 10.2. The number of nitrogens with zero attached hydrogens (tertiary/aromatic N) is 2. The van der Waals surface area contributed by atoms with Gasteiger partial charge < -0.3 is 10.7 Å². The van der Waals surface area contributed by atoms with Crippen molar-refractivity contribution in [3.8, 4) is 11.3 Å². The van der Waals surface area contributed by atoms with E-state index in [4.69, 9.17) is 10.8 Å². The van der Waals surface area contributed by atoms with Crippen LogP contribution in [-0.2, 0) is 0 Å². The lowest BCUT2D eigenvalue weighted by molar-refractivity contribution is 0.189. The molecule has 0 aliphatic heterocycles. The highest BCUT2D eigenvalue weighted by Gasteiger charge is 2.34. The number of aromatic amines is 1. The molecule has 0 unspecified atom stereocenters. The van der Waals surface area contributed by atoms with Gasteiger partial charge in [0.25, 0.3) is 0 Å². The zero-order valence-corrected chi connectivity index (χ0v) is 12.0. The topological polar surface area (TPSA) is 76.7 Å². The van der Waals surface area contributed by atoms with Gasteiger partial charge in [-0.3, -0.25) is 9.48 Å². The number of rotatable bonds is 4. The molecule has 2 aromatic rings. The van der Waals surface area contributed by atoms with Crippen molar-refractivity contribution in [3.63, 3.8) is 0 Å². The van der Waals surface area contributed by atoms with Crippen molar-refractivity contribution in [3.05, 3.63) is 40.4 Å². The van der Waals surface area contributed by atoms with Gasteiger partial charge in [-0.25, -0.2) is 0 Å². The second-order valence-electron chi connectivity index (χ2n) is 6.34. The molecule has 4 rings (SSSR count). The number of aromatic nitrogens is 3. The van der Waals surface area contributed by atoms with Crippen LogP contribution in [0.25, 0.3) is 11.3 Å². The number of nitrogens with two attached hydrogens (primary N) is 1. The second-order valence-corrected chi connectivity index (χ2v) is 6.34. The first-order valence-corrected chi connectivity index (χ1v) is 7.73. The van der Waals surface area contributed by atoms with E-state index in [1.165, 1.54) is 12.8 Å². The lowest BCUT2D eigenvalue weighted by atomic mass is 9.80. The summed E-state index contributed by atoms with van der Waals surface area (Å²) in [6.45, 7) is 0.770. The summed E-state index contributed by atoms with van der Waals surface area (Å²) in [6, 6.07) is 5.77. The molecule has 0 bridgehead atoms. The molecule has 3 N–H and O–H groups in total. The fourth-order valence-corrected chi connectivity index (χ4v) is 3.17. The number of nitrogens with one attached hydrogen (secondary N) is 1. The fraction of sp³-hybridized carbons (Fsp3) is 0.500. The van der Waals surface area contributed by atoms with Crippen molar-refractivity contribution in [2.24, 2.45) is 11.7 Å². The maximum absolute atomic E-state index is 11.6. The quantitative estimate of drug-likeness (QED) is 0.901. The Morgan fingerprint density at radius 3 is 2.81 bits per heavy atom. The Kier molecular flexibility index (Phi) is 2.96. The van der Waals surface area contributed by atoms with Gasteiger partial charge in [0.05, 0.1) is 17.4 Å². The molecule has 0 radical (unpaired) electrons. The second kappa shape index (κ2) is 4.84. The highest BCUT2D eigenvalue weighted by atomic mass is 16.1. The minimum Gasteiger partial charge on any atom is -0.330 e. The molecule has 110 valence electrons. The van der Waals surface area contributed by atoms with Crippen LogP contribution in [0.5, 0.6) is 0 Å². The Labute approximate surface area is 123 Å². The van der Waals surface area contributed by atoms with Gasteiger partial charge in [0.15, 0.2) is 0 Å². The van der Waals surface area contributed by atoms with E-state index in [0.717, 1.165) is 36.3 Å². The van der Waals surface area contributed by atoms with Gasteiger partial charge in [0.1, 0.15) is 0 Å². The SMILES string of the molecule is NCC1CC(n2cc(-c3cccc(=O)[nH]3)c(C3CC3)n2)C1. The maximum Gasteiger partial charge on any atom is 0.248 e. The molecular weight excluding hydrogens is 264 g/mol. The van der Waals surface area contributed by atoms with Crippen LogP contribution in [0, 0.1) is 5.92 Å². The first-order valence-electron chi connectivity index (χ1n) is 7.73. The average molecular weight is 284 g/mol. The predicted molar refractivity (Wildman–Crippen MR) is 81.1 cm³/mol. The van der Waals surface area contributed by atoms with Gasteiger partial charge in [-0.1, -0.05) is 6.07 Å². The normalized spacial score (nSPS) is 24.8. The van der Waals surface area contributed by atoms with Crippen LogP contribution in [0.4, 0.5) is 0 Å². The standard InChI is InChI=1S/C16H20N4O/c17-8-10-6-12(7-10)20-9-13(16(19-20)11-4-5-11)14-2-1-3-15(21)18-14/h1-3,9-12H,4-8,17H2,(H,18,21). The van der Waals surface area contributed by atoms with Crippen molar-refractivity contribution in [1.82, 2.24) is 14.8 Å². The Bertz CT molecular complexity index is 707. The van der Waals surface area contributed by atoms with Crippen molar-refractivity contribution < 1.29 is 0 Å². The number of hydrogen-bond acceptors (Lipinski definition) is 3. The molecule has 0 atom stereocenters. The van der Waals surface area contributed by atoms with Crippen LogP contribution in [0.15, 0.2) is 29.2 Å². The molecule has 0 spiro atoms. The van der Waals surface area contributed by atoms with E-state index in [9.17, 15) is 4.79 Å². The van der Waals surface area contributed by atoms with Gasteiger partial charge in [-0.05, 0) is 44.2 Å². The zero-order valence-electron chi connectivity index (χ0n) is 12.0. The minimum atomic E-state index is -0.0613. The maximum atomic E-state index is 11.6. The van der Waals surface area contributed by atoms with E-state index >= 15 is 0 Å². The number of H-pyrrole nitrogens is 1. The van der Waals surface area contributed by atoms with Gasteiger partial charge in [-0.2, -0.15) is 5.10 Å². The van der Waals surface area contributed by atoms with E-state index in [0.29, 0.717) is 17.9 Å². The molecule has 2 aliphatic rings. The van der Waals surface area contributed by atoms with E-state index in [2.05, 4.69) is 15.9 Å². The largest absolute Gasteiger partial charge is 0.330 e. The third-order valence-electron chi connectivity index (χ3n) is 4.70. The summed E-state index contributed by atoms with van der Waals surface area (Å²) < 4.78 is 2.10. The van der Waals surface area contributed by atoms with Crippen molar-refractivity contribution in [1.29, 1.82) is 0 Å². The average Bonchev–Trinajstić information content (AvgIpc) is 3.18. The van der Waals surface area contributed by atoms with Gasteiger partial charge in [-0.15, -0.1) is 0 Å². The summed E-state index contributed by atoms with van der Waals surface area (Å²) in [6.07, 6.45) is 6.75. The Hall–Kier alpha value is -1.88. The molecule has 2 aromatic heterocycles. The van der Waals surface area contributed by atoms with Gasteiger partial charge in [0, 0.05) is 23.7 Å². The molecule has 21 heavy (non-hydrogen) atoms. The molecule has 2 saturated carbocycles. The predicted octanol–water partition coefficient (Wildman–Crippen LogP) is 2.03. The molecule has 5 heteroatoms. The van der Waals surface area contributed by atoms with Gasteiger partial charge in [0.2, 0.25) is 5.56 Å². The third-order valence-corrected chi connectivity index (χ3v) is 4.70. The monoisotopic (exact) mass is 284 g/mol. The summed E-state index contributed by atoms with van der Waals surface area (Å²) in [5.41, 5.74) is 8.76. The first kappa shape index (κ1) is 12.8. The molecule has 2 fully saturated rings.